The fourth-order valence-electron chi connectivity index (χ4n) is 0.801. The van der Waals surface area contributed by atoms with Crippen molar-refractivity contribution < 1.29 is 28.6 Å². The van der Waals surface area contributed by atoms with Crippen molar-refractivity contribution in [2.75, 3.05) is 0 Å². The number of carbonyl (C=O) groups excluding carboxylic acids is 3. The summed E-state index contributed by atoms with van der Waals surface area (Å²) >= 11 is 0. The van der Waals surface area contributed by atoms with E-state index < -0.39 is 24.2 Å². The van der Waals surface area contributed by atoms with E-state index in [4.69, 9.17) is 9.47 Å². The first-order chi connectivity index (χ1) is 7.41. The molecule has 0 aromatic heterocycles. The summed E-state index contributed by atoms with van der Waals surface area (Å²) in [6.45, 7) is 3.65. The Bertz CT molecular complexity index is 278. The molecular weight excluding hydrogens is 216 g/mol. The maximum atomic E-state index is 10.7. The van der Waals surface area contributed by atoms with Crippen LogP contribution in [-0.4, -0.2) is 24.2 Å². The number of esters is 3. The Morgan fingerprint density at radius 2 is 1.50 bits per heavy atom. The van der Waals surface area contributed by atoms with E-state index in [1.165, 1.54) is 26.8 Å². The summed E-state index contributed by atoms with van der Waals surface area (Å²) in [6, 6.07) is 0. The molecule has 0 aliphatic rings. The number of rotatable bonds is 5. The van der Waals surface area contributed by atoms with Crippen LogP contribution in [0, 0.1) is 0 Å². The van der Waals surface area contributed by atoms with Crippen LogP contribution in [0.25, 0.3) is 0 Å². The molecule has 0 rings (SSSR count). The van der Waals surface area contributed by atoms with Gasteiger partial charge in [0.15, 0.2) is 0 Å². The van der Waals surface area contributed by atoms with Gasteiger partial charge in [-0.1, -0.05) is 0 Å². The van der Waals surface area contributed by atoms with E-state index in [1.807, 2.05) is 0 Å². The summed E-state index contributed by atoms with van der Waals surface area (Å²) in [7, 11) is 0. The average molecular weight is 230 g/mol. The maximum absolute atomic E-state index is 10.7. The predicted molar refractivity (Wildman–Crippen MR) is 52.8 cm³/mol. The summed E-state index contributed by atoms with van der Waals surface area (Å²) in [6.07, 6.45) is 1.67. The monoisotopic (exact) mass is 230 g/mol. The fourth-order valence-corrected chi connectivity index (χ4v) is 0.801. The first kappa shape index (κ1) is 14.2. The van der Waals surface area contributed by atoms with Gasteiger partial charge in [0, 0.05) is 27.2 Å². The highest BCUT2D eigenvalue weighted by molar-refractivity contribution is 5.68. The Labute approximate surface area is 93.2 Å². The van der Waals surface area contributed by atoms with Crippen LogP contribution in [0.1, 0.15) is 27.2 Å². The van der Waals surface area contributed by atoms with E-state index in [9.17, 15) is 14.4 Å². The van der Waals surface area contributed by atoms with Gasteiger partial charge in [0.05, 0.1) is 6.26 Å². The second-order valence-electron chi connectivity index (χ2n) is 2.87. The Morgan fingerprint density at radius 3 is 1.88 bits per heavy atom. The first-order valence-corrected chi connectivity index (χ1v) is 4.58. The lowest BCUT2D eigenvalue weighted by molar-refractivity contribution is -0.184. The molecule has 0 spiro atoms. The zero-order chi connectivity index (χ0) is 12.6. The zero-order valence-electron chi connectivity index (χ0n) is 9.39. The molecule has 0 saturated carbocycles. The van der Waals surface area contributed by atoms with Crippen LogP contribution < -0.4 is 0 Å². The summed E-state index contributed by atoms with van der Waals surface area (Å²) in [4.78, 5) is 31.7. The largest absolute Gasteiger partial charge is 0.435 e. The predicted octanol–water partition coefficient (Wildman–Crippen LogP) is 0.906. The Hall–Kier alpha value is -1.85. The normalized spacial score (nSPS) is 10.2. The molecule has 6 nitrogen and oxygen atoms in total. The molecular formula is C10H14O6. The van der Waals surface area contributed by atoms with Crippen molar-refractivity contribution in [1.82, 2.24) is 0 Å². The van der Waals surface area contributed by atoms with Gasteiger partial charge in [-0.2, -0.15) is 0 Å². The Morgan fingerprint density at radius 1 is 1.00 bits per heavy atom. The molecule has 0 bridgehead atoms. The third-order valence-electron chi connectivity index (χ3n) is 1.25. The van der Waals surface area contributed by atoms with Crippen LogP contribution in [0.15, 0.2) is 12.3 Å². The quantitative estimate of drug-likeness (QED) is 0.396. The SMILES string of the molecule is CC(=O)OC=CCC(OC(C)=O)OC(C)=O. The third kappa shape index (κ3) is 8.74. The number of hydrogen-bond acceptors (Lipinski definition) is 6. The third-order valence-corrected chi connectivity index (χ3v) is 1.25. The summed E-state index contributed by atoms with van der Waals surface area (Å²) in [5.41, 5.74) is 0. The number of ether oxygens (including phenoxy) is 3. The maximum Gasteiger partial charge on any atom is 0.307 e. The zero-order valence-corrected chi connectivity index (χ0v) is 9.39. The van der Waals surface area contributed by atoms with Crippen molar-refractivity contribution in [2.24, 2.45) is 0 Å². The van der Waals surface area contributed by atoms with Gasteiger partial charge in [-0.15, -0.1) is 0 Å². The highest BCUT2D eigenvalue weighted by Gasteiger charge is 2.13. The molecule has 0 aromatic rings. The molecule has 0 aliphatic carbocycles. The van der Waals surface area contributed by atoms with E-state index in [2.05, 4.69) is 4.74 Å². The molecule has 0 N–H and O–H groups in total. The van der Waals surface area contributed by atoms with Crippen LogP contribution in [-0.2, 0) is 28.6 Å². The van der Waals surface area contributed by atoms with Gasteiger partial charge in [-0.25, -0.2) is 0 Å². The van der Waals surface area contributed by atoms with E-state index in [0.717, 1.165) is 6.26 Å². The van der Waals surface area contributed by atoms with Crippen molar-refractivity contribution in [2.45, 2.75) is 33.5 Å². The molecule has 0 atom stereocenters. The van der Waals surface area contributed by atoms with Crippen LogP contribution in [0.3, 0.4) is 0 Å². The minimum atomic E-state index is -0.998. The van der Waals surface area contributed by atoms with Gasteiger partial charge in [-0.05, 0) is 6.08 Å². The molecule has 6 heteroatoms. The number of carbonyl (C=O) groups is 3. The topological polar surface area (TPSA) is 78.9 Å². The Kier molecular flexibility index (Phi) is 6.58. The van der Waals surface area contributed by atoms with Gasteiger partial charge in [-0.3, -0.25) is 14.4 Å². The molecule has 0 aliphatic heterocycles. The van der Waals surface area contributed by atoms with Crippen LogP contribution in [0.4, 0.5) is 0 Å². The fraction of sp³-hybridized carbons (Fsp3) is 0.500. The standard InChI is InChI=1S/C10H14O6/c1-7(11)14-6-4-5-10(15-8(2)12)16-9(3)13/h4,6,10H,5H2,1-3H3. The van der Waals surface area contributed by atoms with Crippen LogP contribution in [0.5, 0.6) is 0 Å². The van der Waals surface area contributed by atoms with Crippen molar-refractivity contribution in [3.63, 3.8) is 0 Å². The van der Waals surface area contributed by atoms with Crippen molar-refractivity contribution >= 4 is 17.9 Å². The Balaban J connectivity index is 4.09. The van der Waals surface area contributed by atoms with Crippen molar-refractivity contribution in [3.8, 4) is 0 Å². The minimum absolute atomic E-state index is 0.117. The van der Waals surface area contributed by atoms with Crippen molar-refractivity contribution in [3.05, 3.63) is 12.3 Å². The van der Waals surface area contributed by atoms with Gasteiger partial charge in [0.2, 0.25) is 0 Å². The summed E-state index contributed by atoms with van der Waals surface area (Å²) in [5, 5.41) is 0. The van der Waals surface area contributed by atoms with Gasteiger partial charge in [0.25, 0.3) is 6.29 Å². The summed E-state index contributed by atoms with van der Waals surface area (Å²) < 4.78 is 13.9. The number of hydrogen-bond donors (Lipinski definition) is 0. The minimum Gasteiger partial charge on any atom is -0.435 e. The van der Waals surface area contributed by atoms with Gasteiger partial charge in [0.1, 0.15) is 0 Å². The highest BCUT2D eigenvalue weighted by atomic mass is 16.7. The molecule has 16 heavy (non-hydrogen) atoms. The van der Waals surface area contributed by atoms with E-state index >= 15 is 0 Å². The molecule has 0 heterocycles. The molecule has 90 valence electrons. The second kappa shape index (κ2) is 7.44. The highest BCUT2D eigenvalue weighted by Crippen LogP contribution is 2.03. The average Bonchev–Trinajstić information content (AvgIpc) is 2.09. The smallest absolute Gasteiger partial charge is 0.307 e. The molecule has 0 saturated heterocycles. The molecule has 0 unspecified atom stereocenters. The van der Waals surface area contributed by atoms with Crippen LogP contribution >= 0.6 is 0 Å². The summed E-state index contributed by atoms with van der Waals surface area (Å²) in [5.74, 6) is -1.59. The molecule has 0 amide bonds. The van der Waals surface area contributed by atoms with Crippen molar-refractivity contribution in [1.29, 1.82) is 0 Å². The molecule has 0 aromatic carbocycles. The first-order valence-electron chi connectivity index (χ1n) is 4.58. The van der Waals surface area contributed by atoms with E-state index in [1.54, 1.807) is 0 Å². The van der Waals surface area contributed by atoms with E-state index in [0.29, 0.717) is 0 Å². The van der Waals surface area contributed by atoms with Gasteiger partial charge >= 0.3 is 17.9 Å². The lowest BCUT2D eigenvalue weighted by atomic mass is 10.4. The lowest BCUT2D eigenvalue weighted by Crippen LogP contribution is -2.21. The second-order valence-corrected chi connectivity index (χ2v) is 2.87. The van der Waals surface area contributed by atoms with Crippen LogP contribution in [0.2, 0.25) is 0 Å². The molecule has 0 fully saturated rings. The molecule has 0 radical (unpaired) electrons. The van der Waals surface area contributed by atoms with Gasteiger partial charge < -0.3 is 14.2 Å². The van der Waals surface area contributed by atoms with E-state index in [-0.39, 0.29) is 6.42 Å². The lowest BCUT2D eigenvalue weighted by Gasteiger charge is -2.14.